The highest BCUT2D eigenvalue weighted by Gasteiger charge is 2.23. The molecule has 0 bridgehead atoms. The van der Waals surface area contributed by atoms with E-state index in [1.54, 1.807) is 0 Å². The van der Waals surface area contributed by atoms with Crippen LogP contribution < -0.4 is 0 Å². The Labute approximate surface area is 294 Å². The fraction of sp³-hybridized carbons (Fsp3) is 0. The van der Waals surface area contributed by atoms with Crippen molar-refractivity contribution in [3.63, 3.8) is 0 Å². The van der Waals surface area contributed by atoms with E-state index in [0.717, 1.165) is 27.5 Å². The van der Waals surface area contributed by atoms with Gasteiger partial charge in [0.25, 0.3) is 0 Å². The maximum Gasteiger partial charge on any atom is 0.136 e. The summed E-state index contributed by atoms with van der Waals surface area (Å²) in [6.45, 7) is 0. The van der Waals surface area contributed by atoms with Gasteiger partial charge >= 0.3 is 0 Å². The molecule has 51 heavy (non-hydrogen) atoms. The molecule has 1 heteroatoms. The van der Waals surface area contributed by atoms with Gasteiger partial charge in [-0.15, -0.1) is 0 Å². The van der Waals surface area contributed by atoms with Crippen molar-refractivity contribution in [1.29, 1.82) is 0 Å². The molecule has 236 valence electrons. The lowest BCUT2D eigenvalue weighted by molar-refractivity contribution is 0.669. The van der Waals surface area contributed by atoms with Crippen molar-refractivity contribution in [3.05, 3.63) is 182 Å². The fourth-order valence-electron chi connectivity index (χ4n) is 8.63. The number of fused-ring (bicyclic) bond motifs is 10. The van der Waals surface area contributed by atoms with E-state index in [0.29, 0.717) is 0 Å². The molecule has 0 saturated heterocycles. The minimum absolute atomic E-state index is 0.899. The van der Waals surface area contributed by atoms with Crippen LogP contribution in [0.3, 0.4) is 0 Å². The molecule has 0 saturated carbocycles. The van der Waals surface area contributed by atoms with Crippen LogP contribution in [0.1, 0.15) is 0 Å². The summed E-state index contributed by atoms with van der Waals surface area (Å²) in [5, 5.41) is 14.7. The van der Waals surface area contributed by atoms with Gasteiger partial charge in [-0.25, -0.2) is 0 Å². The number of furan rings is 1. The van der Waals surface area contributed by atoms with E-state index in [1.807, 2.05) is 0 Å². The van der Waals surface area contributed by atoms with E-state index in [1.165, 1.54) is 81.7 Å². The predicted molar refractivity (Wildman–Crippen MR) is 218 cm³/mol. The van der Waals surface area contributed by atoms with E-state index in [9.17, 15) is 0 Å². The summed E-state index contributed by atoms with van der Waals surface area (Å²) >= 11 is 0. The van der Waals surface area contributed by atoms with Crippen molar-refractivity contribution in [2.45, 2.75) is 0 Å². The van der Waals surface area contributed by atoms with E-state index in [-0.39, 0.29) is 0 Å². The lowest BCUT2D eigenvalue weighted by Gasteiger charge is -2.20. The number of benzene rings is 10. The standard InChI is InChI=1S/C50H30O/c1-2-13-31(14-3-1)34-29-44(50-46(30-34)51-45-28-26-33-16-5-7-18-36(33)49(45)50)48-42-21-10-8-19-40(42)47(41-20-9-11-22-43(41)48)39-24-12-23-37-35-17-6-4-15-32(35)25-27-38(37)39/h1-30H. The first-order chi connectivity index (χ1) is 25.3. The van der Waals surface area contributed by atoms with Gasteiger partial charge in [0.2, 0.25) is 0 Å². The van der Waals surface area contributed by atoms with Crippen molar-refractivity contribution in [2.24, 2.45) is 0 Å². The van der Waals surface area contributed by atoms with E-state index in [2.05, 4.69) is 182 Å². The molecule has 0 unspecified atom stereocenters. The van der Waals surface area contributed by atoms with Crippen LogP contribution in [0.4, 0.5) is 0 Å². The fourth-order valence-corrected chi connectivity index (χ4v) is 8.63. The van der Waals surface area contributed by atoms with Gasteiger partial charge in [0, 0.05) is 10.8 Å². The molecule has 1 aromatic heterocycles. The second kappa shape index (κ2) is 10.9. The molecule has 0 spiro atoms. The summed E-state index contributed by atoms with van der Waals surface area (Å²) in [5.41, 5.74) is 9.04. The third-order valence-electron chi connectivity index (χ3n) is 10.8. The first-order valence-corrected chi connectivity index (χ1v) is 17.6. The van der Waals surface area contributed by atoms with Gasteiger partial charge in [-0.05, 0) is 105 Å². The van der Waals surface area contributed by atoms with Crippen LogP contribution in [-0.2, 0) is 0 Å². The highest BCUT2D eigenvalue weighted by atomic mass is 16.3. The third kappa shape index (κ3) is 4.16. The molecule has 1 heterocycles. The Morgan fingerprint density at radius 1 is 0.275 bits per heavy atom. The molecule has 0 N–H and O–H groups in total. The van der Waals surface area contributed by atoms with Crippen molar-refractivity contribution in [1.82, 2.24) is 0 Å². The molecule has 0 amide bonds. The zero-order chi connectivity index (χ0) is 33.5. The van der Waals surface area contributed by atoms with Crippen LogP contribution >= 0.6 is 0 Å². The zero-order valence-corrected chi connectivity index (χ0v) is 27.7. The maximum absolute atomic E-state index is 6.79. The molecule has 0 aliphatic heterocycles. The Kier molecular flexibility index (Phi) is 6.02. The second-order valence-electron chi connectivity index (χ2n) is 13.6. The summed E-state index contributed by atoms with van der Waals surface area (Å²) in [5.74, 6) is 0. The molecule has 10 aromatic carbocycles. The third-order valence-corrected chi connectivity index (χ3v) is 10.8. The zero-order valence-electron chi connectivity index (χ0n) is 27.7. The molecule has 11 aromatic rings. The van der Waals surface area contributed by atoms with Gasteiger partial charge in [0.1, 0.15) is 11.2 Å². The number of rotatable bonds is 3. The van der Waals surface area contributed by atoms with Gasteiger partial charge in [-0.1, -0.05) is 164 Å². The van der Waals surface area contributed by atoms with Crippen LogP contribution in [0.2, 0.25) is 0 Å². The SMILES string of the molecule is c1ccc(-c2cc(-c3c4ccccc4c(-c4cccc5c4ccc4ccccc45)c4ccccc34)c3c(c2)oc2ccc4ccccc4c23)cc1. The van der Waals surface area contributed by atoms with E-state index < -0.39 is 0 Å². The van der Waals surface area contributed by atoms with Crippen molar-refractivity contribution >= 4 is 75.8 Å². The molecule has 0 aliphatic rings. The first kappa shape index (κ1) is 28.2. The molecule has 0 atom stereocenters. The summed E-state index contributed by atoms with van der Waals surface area (Å²) < 4.78 is 6.79. The minimum Gasteiger partial charge on any atom is -0.456 e. The quantitative estimate of drug-likeness (QED) is 0.138. The Hall–Kier alpha value is -6.70. The number of hydrogen-bond acceptors (Lipinski definition) is 1. The highest BCUT2D eigenvalue weighted by molar-refractivity contribution is 6.30. The topological polar surface area (TPSA) is 13.1 Å². The second-order valence-corrected chi connectivity index (χ2v) is 13.6. The van der Waals surface area contributed by atoms with Crippen molar-refractivity contribution < 1.29 is 4.42 Å². The van der Waals surface area contributed by atoms with Crippen LogP contribution in [0.5, 0.6) is 0 Å². The Morgan fingerprint density at radius 2 is 0.824 bits per heavy atom. The summed E-state index contributed by atoms with van der Waals surface area (Å²) in [7, 11) is 0. The van der Waals surface area contributed by atoms with E-state index in [4.69, 9.17) is 4.42 Å². The molecule has 1 nitrogen and oxygen atoms in total. The lowest BCUT2D eigenvalue weighted by atomic mass is 9.83. The monoisotopic (exact) mass is 646 g/mol. The first-order valence-electron chi connectivity index (χ1n) is 17.6. The number of hydrogen-bond donors (Lipinski definition) is 0. The van der Waals surface area contributed by atoms with Gasteiger partial charge in [-0.2, -0.15) is 0 Å². The normalized spacial score (nSPS) is 11.9. The van der Waals surface area contributed by atoms with Crippen LogP contribution in [0.15, 0.2) is 186 Å². The van der Waals surface area contributed by atoms with Gasteiger partial charge in [0.05, 0.1) is 0 Å². The van der Waals surface area contributed by atoms with Gasteiger partial charge in [0.15, 0.2) is 0 Å². The average Bonchev–Trinajstić information content (AvgIpc) is 3.59. The smallest absolute Gasteiger partial charge is 0.136 e. The molecular formula is C50H30O. The predicted octanol–water partition coefficient (Wildman–Crippen LogP) is 14.4. The Bertz CT molecular complexity index is 3130. The van der Waals surface area contributed by atoms with Crippen molar-refractivity contribution in [2.75, 3.05) is 0 Å². The van der Waals surface area contributed by atoms with Crippen LogP contribution in [-0.4, -0.2) is 0 Å². The highest BCUT2D eigenvalue weighted by Crippen LogP contribution is 2.50. The maximum atomic E-state index is 6.79. The van der Waals surface area contributed by atoms with Crippen LogP contribution in [0, 0.1) is 0 Å². The lowest BCUT2D eigenvalue weighted by Crippen LogP contribution is -1.93. The average molecular weight is 647 g/mol. The Balaban J connectivity index is 1.32. The summed E-state index contributed by atoms with van der Waals surface area (Å²) in [4.78, 5) is 0. The summed E-state index contributed by atoms with van der Waals surface area (Å²) in [6, 6.07) is 66.3. The Morgan fingerprint density at radius 3 is 1.53 bits per heavy atom. The molecule has 0 radical (unpaired) electrons. The molecule has 11 rings (SSSR count). The largest absolute Gasteiger partial charge is 0.456 e. The molecular weight excluding hydrogens is 617 g/mol. The van der Waals surface area contributed by atoms with E-state index >= 15 is 0 Å². The van der Waals surface area contributed by atoms with Crippen molar-refractivity contribution in [3.8, 4) is 33.4 Å². The van der Waals surface area contributed by atoms with Crippen LogP contribution in [0.25, 0.3) is 109 Å². The molecule has 0 fully saturated rings. The van der Waals surface area contributed by atoms with Gasteiger partial charge < -0.3 is 4.42 Å². The molecule has 0 aliphatic carbocycles. The summed E-state index contributed by atoms with van der Waals surface area (Å²) in [6.07, 6.45) is 0. The minimum atomic E-state index is 0.899. The van der Waals surface area contributed by atoms with Gasteiger partial charge in [-0.3, -0.25) is 0 Å².